The summed E-state index contributed by atoms with van der Waals surface area (Å²) >= 11 is 0. The standard InChI is InChI=1S/C15H29NO2.C2H6/c1-5-14(6-2)16(7-3)15(17)12(4)13-8-10-18-11-9-13;1-2/h12-14H,5-11H2,1-4H3;1-2H3. The first-order chi connectivity index (χ1) is 9.65. The van der Waals surface area contributed by atoms with Gasteiger partial charge in [0.1, 0.15) is 0 Å². The molecule has 20 heavy (non-hydrogen) atoms. The fourth-order valence-electron chi connectivity index (χ4n) is 3.00. The molecule has 3 heteroatoms. The SMILES string of the molecule is CC.CCC(CC)N(CC)C(=O)C(C)C1CCOCC1. The van der Waals surface area contributed by atoms with Gasteiger partial charge in [-0.3, -0.25) is 4.79 Å². The summed E-state index contributed by atoms with van der Waals surface area (Å²) in [4.78, 5) is 14.7. The van der Waals surface area contributed by atoms with Crippen LogP contribution in [0.25, 0.3) is 0 Å². The molecular weight excluding hydrogens is 250 g/mol. The van der Waals surface area contributed by atoms with Crippen LogP contribution in [0, 0.1) is 11.8 Å². The summed E-state index contributed by atoms with van der Waals surface area (Å²) in [6.07, 6.45) is 4.17. The van der Waals surface area contributed by atoms with Gasteiger partial charge in [0.25, 0.3) is 0 Å². The second kappa shape index (κ2) is 11.1. The highest BCUT2D eigenvalue weighted by Gasteiger charge is 2.30. The summed E-state index contributed by atoms with van der Waals surface area (Å²) in [6.45, 7) is 15.0. The molecule has 0 aliphatic carbocycles. The van der Waals surface area contributed by atoms with Crippen molar-refractivity contribution in [2.75, 3.05) is 19.8 Å². The fourth-order valence-corrected chi connectivity index (χ4v) is 3.00. The Morgan fingerprint density at radius 1 is 1.15 bits per heavy atom. The lowest BCUT2D eigenvalue weighted by Crippen LogP contribution is -2.44. The monoisotopic (exact) mass is 285 g/mol. The Balaban J connectivity index is 0.00000172. The van der Waals surface area contributed by atoms with Gasteiger partial charge in [0.2, 0.25) is 5.91 Å². The second-order valence-corrected chi connectivity index (χ2v) is 5.33. The van der Waals surface area contributed by atoms with E-state index in [1.54, 1.807) is 0 Å². The molecule has 1 rings (SSSR count). The second-order valence-electron chi connectivity index (χ2n) is 5.33. The fraction of sp³-hybridized carbons (Fsp3) is 0.941. The zero-order valence-electron chi connectivity index (χ0n) is 14.4. The molecule has 0 aromatic rings. The maximum absolute atomic E-state index is 12.6. The van der Waals surface area contributed by atoms with Crippen molar-refractivity contribution >= 4 is 5.91 Å². The Labute approximate surface area is 126 Å². The highest BCUT2D eigenvalue weighted by atomic mass is 16.5. The van der Waals surface area contributed by atoms with Crippen molar-refractivity contribution in [2.45, 2.75) is 73.3 Å². The third kappa shape index (κ3) is 5.43. The van der Waals surface area contributed by atoms with Gasteiger partial charge in [-0.1, -0.05) is 34.6 Å². The number of hydrogen-bond acceptors (Lipinski definition) is 2. The Bertz CT molecular complexity index is 245. The van der Waals surface area contributed by atoms with E-state index in [0.29, 0.717) is 17.9 Å². The molecule has 1 aliphatic rings. The lowest BCUT2D eigenvalue weighted by molar-refractivity contribution is -0.140. The number of rotatable bonds is 6. The largest absolute Gasteiger partial charge is 0.381 e. The molecule has 1 fully saturated rings. The van der Waals surface area contributed by atoms with Crippen LogP contribution in [-0.4, -0.2) is 36.6 Å². The molecule has 0 radical (unpaired) electrons. The molecule has 0 bridgehead atoms. The summed E-state index contributed by atoms with van der Waals surface area (Å²) in [6, 6.07) is 0.407. The smallest absolute Gasteiger partial charge is 0.225 e. The predicted molar refractivity (Wildman–Crippen MR) is 85.8 cm³/mol. The van der Waals surface area contributed by atoms with Crippen molar-refractivity contribution in [1.29, 1.82) is 0 Å². The summed E-state index contributed by atoms with van der Waals surface area (Å²) in [5, 5.41) is 0. The average Bonchev–Trinajstić information content (AvgIpc) is 2.53. The lowest BCUT2D eigenvalue weighted by atomic mass is 9.86. The van der Waals surface area contributed by atoms with Gasteiger partial charge >= 0.3 is 0 Å². The highest BCUT2D eigenvalue weighted by Crippen LogP contribution is 2.26. The molecule has 1 atom stereocenters. The molecule has 0 aromatic heterocycles. The van der Waals surface area contributed by atoms with Gasteiger partial charge in [0, 0.05) is 31.7 Å². The maximum atomic E-state index is 12.6. The zero-order chi connectivity index (χ0) is 15.5. The molecule has 1 amide bonds. The quantitative estimate of drug-likeness (QED) is 0.735. The van der Waals surface area contributed by atoms with Gasteiger partial charge in [-0.2, -0.15) is 0 Å². The van der Waals surface area contributed by atoms with E-state index in [2.05, 4.69) is 32.6 Å². The molecule has 120 valence electrons. The summed E-state index contributed by atoms with van der Waals surface area (Å²) in [5.74, 6) is 1.00. The lowest BCUT2D eigenvalue weighted by Gasteiger charge is -2.35. The zero-order valence-corrected chi connectivity index (χ0v) is 14.4. The van der Waals surface area contributed by atoms with Gasteiger partial charge in [-0.15, -0.1) is 0 Å². The normalized spacial score (nSPS) is 17.4. The molecule has 1 aliphatic heterocycles. The van der Waals surface area contributed by atoms with E-state index in [1.165, 1.54) is 0 Å². The van der Waals surface area contributed by atoms with Crippen LogP contribution in [0.3, 0.4) is 0 Å². The average molecular weight is 285 g/mol. The van der Waals surface area contributed by atoms with E-state index in [-0.39, 0.29) is 5.92 Å². The van der Waals surface area contributed by atoms with Crippen LogP contribution < -0.4 is 0 Å². The number of hydrogen-bond donors (Lipinski definition) is 0. The first-order valence-corrected chi connectivity index (χ1v) is 8.53. The molecule has 0 saturated carbocycles. The molecule has 0 aromatic carbocycles. The van der Waals surface area contributed by atoms with E-state index in [9.17, 15) is 4.79 Å². The van der Waals surface area contributed by atoms with E-state index in [1.807, 2.05) is 13.8 Å². The Morgan fingerprint density at radius 2 is 1.65 bits per heavy atom. The van der Waals surface area contributed by atoms with Crippen LogP contribution in [0.15, 0.2) is 0 Å². The van der Waals surface area contributed by atoms with Crippen LogP contribution in [0.1, 0.15) is 67.2 Å². The van der Waals surface area contributed by atoms with Gasteiger partial charge < -0.3 is 9.64 Å². The van der Waals surface area contributed by atoms with Crippen molar-refractivity contribution in [3.8, 4) is 0 Å². The minimum absolute atomic E-state index is 0.148. The minimum Gasteiger partial charge on any atom is -0.381 e. The van der Waals surface area contributed by atoms with E-state index < -0.39 is 0 Å². The van der Waals surface area contributed by atoms with Gasteiger partial charge in [0.15, 0.2) is 0 Å². The van der Waals surface area contributed by atoms with Crippen LogP contribution in [0.4, 0.5) is 0 Å². The summed E-state index contributed by atoms with van der Waals surface area (Å²) in [5.41, 5.74) is 0. The molecule has 1 heterocycles. The Hall–Kier alpha value is -0.570. The summed E-state index contributed by atoms with van der Waals surface area (Å²) in [7, 11) is 0. The van der Waals surface area contributed by atoms with Crippen LogP contribution in [0.5, 0.6) is 0 Å². The molecule has 1 saturated heterocycles. The molecule has 3 nitrogen and oxygen atoms in total. The maximum Gasteiger partial charge on any atom is 0.225 e. The van der Waals surface area contributed by atoms with Gasteiger partial charge in [0.05, 0.1) is 0 Å². The van der Waals surface area contributed by atoms with Crippen molar-refractivity contribution in [3.05, 3.63) is 0 Å². The minimum atomic E-state index is 0.148. The molecule has 0 spiro atoms. The van der Waals surface area contributed by atoms with Gasteiger partial charge in [-0.25, -0.2) is 0 Å². The molecule has 1 unspecified atom stereocenters. The van der Waals surface area contributed by atoms with Crippen molar-refractivity contribution in [3.63, 3.8) is 0 Å². The van der Waals surface area contributed by atoms with Crippen molar-refractivity contribution in [2.24, 2.45) is 11.8 Å². The van der Waals surface area contributed by atoms with Crippen LogP contribution in [-0.2, 0) is 9.53 Å². The Kier molecular flexibility index (Phi) is 10.8. The third-order valence-electron chi connectivity index (χ3n) is 4.37. The topological polar surface area (TPSA) is 29.5 Å². The van der Waals surface area contributed by atoms with E-state index in [0.717, 1.165) is 45.4 Å². The molecular formula is C17H35NO2. The number of ether oxygens (including phenoxy) is 1. The van der Waals surface area contributed by atoms with Crippen molar-refractivity contribution < 1.29 is 9.53 Å². The number of nitrogens with zero attached hydrogens (tertiary/aromatic N) is 1. The van der Waals surface area contributed by atoms with E-state index >= 15 is 0 Å². The first kappa shape index (κ1) is 19.4. The number of carbonyl (C=O) groups excluding carboxylic acids is 1. The number of carbonyl (C=O) groups is 1. The predicted octanol–water partition coefficient (Wildman–Crippen LogP) is 4.11. The van der Waals surface area contributed by atoms with Gasteiger partial charge in [-0.05, 0) is 38.5 Å². The number of amides is 1. The Morgan fingerprint density at radius 3 is 2.05 bits per heavy atom. The van der Waals surface area contributed by atoms with Crippen molar-refractivity contribution in [1.82, 2.24) is 4.90 Å². The van der Waals surface area contributed by atoms with Crippen LogP contribution in [0.2, 0.25) is 0 Å². The highest BCUT2D eigenvalue weighted by molar-refractivity contribution is 5.79. The van der Waals surface area contributed by atoms with Crippen LogP contribution >= 0.6 is 0 Å². The summed E-state index contributed by atoms with van der Waals surface area (Å²) < 4.78 is 5.38. The van der Waals surface area contributed by atoms with E-state index in [4.69, 9.17) is 4.74 Å². The molecule has 0 N–H and O–H groups in total. The first-order valence-electron chi connectivity index (χ1n) is 8.53. The third-order valence-corrected chi connectivity index (χ3v) is 4.37.